The topological polar surface area (TPSA) is 132 Å². The van der Waals surface area contributed by atoms with Crippen molar-refractivity contribution in [1.82, 2.24) is 19.4 Å². The van der Waals surface area contributed by atoms with Crippen LogP contribution in [0.3, 0.4) is 0 Å². The van der Waals surface area contributed by atoms with Crippen LogP contribution in [-0.2, 0) is 11.3 Å². The number of nitrogens with two attached hydrogens (primary N) is 1. The molecule has 220 valence electrons. The first-order chi connectivity index (χ1) is 19.6. The third-order valence-electron chi connectivity index (χ3n) is 7.63. The van der Waals surface area contributed by atoms with Gasteiger partial charge in [-0.05, 0) is 37.1 Å². The number of nitrogens with zero attached hydrogens (tertiary/aromatic N) is 6. The van der Waals surface area contributed by atoms with Gasteiger partial charge in [0.1, 0.15) is 17.2 Å². The average molecular weight is 585 g/mol. The third-order valence-corrected chi connectivity index (χ3v) is 7.63. The zero-order valence-electron chi connectivity index (χ0n) is 23.3. The summed E-state index contributed by atoms with van der Waals surface area (Å²) in [6.45, 7) is 7.99. The first-order valence-corrected chi connectivity index (χ1v) is 13.9. The van der Waals surface area contributed by atoms with Gasteiger partial charge in [-0.1, -0.05) is 0 Å². The van der Waals surface area contributed by atoms with Crippen LogP contribution < -0.4 is 31.0 Å². The molecule has 1 aromatic carbocycles. The zero-order chi connectivity index (χ0) is 27.5. The van der Waals surface area contributed by atoms with Gasteiger partial charge in [0.15, 0.2) is 11.5 Å². The number of anilines is 2. The van der Waals surface area contributed by atoms with Crippen LogP contribution >= 0.6 is 12.4 Å². The lowest BCUT2D eigenvalue weighted by molar-refractivity contribution is 0.0357. The van der Waals surface area contributed by atoms with E-state index in [4.69, 9.17) is 24.9 Å². The minimum absolute atomic E-state index is 0. The number of hydrogen-bond donors (Lipinski definition) is 2. The molecular weight excluding hydrogens is 548 g/mol. The van der Waals surface area contributed by atoms with Crippen molar-refractivity contribution in [2.45, 2.75) is 25.4 Å². The minimum Gasteiger partial charge on any atom is -0.491 e. The number of methoxy groups -OCH3 is 1. The van der Waals surface area contributed by atoms with E-state index in [9.17, 15) is 4.79 Å². The summed E-state index contributed by atoms with van der Waals surface area (Å²) >= 11 is 0. The highest BCUT2D eigenvalue weighted by atomic mass is 35.5. The van der Waals surface area contributed by atoms with Gasteiger partial charge in [-0.25, -0.2) is 9.97 Å². The number of pyridine rings is 1. The fourth-order valence-electron chi connectivity index (χ4n) is 5.49. The molecule has 0 spiro atoms. The number of ether oxygens (including phenoxy) is 3. The average Bonchev–Trinajstić information content (AvgIpc) is 3.66. The van der Waals surface area contributed by atoms with Gasteiger partial charge in [-0.15, -0.1) is 12.4 Å². The summed E-state index contributed by atoms with van der Waals surface area (Å²) in [6, 6.07) is 7.65. The van der Waals surface area contributed by atoms with Crippen LogP contribution in [0.2, 0.25) is 0 Å². The zero-order valence-corrected chi connectivity index (χ0v) is 24.1. The highest BCUT2D eigenvalue weighted by molar-refractivity contribution is 5.96. The van der Waals surface area contributed by atoms with Gasteiger partial charge < -0.3 is 30.2 Å². The van der Waals surface area contributed by atoms with E-state index in [1.165, 1.54) is 0 Å². The van der Waals surface area contributed by atoms with E-state index in [2.05, 4.69) is 25.1 Å². The van der Waals surface area contributed by atoms with Gasteiger partial charge in [0.2, 0.25) is 5.62 Å². The molecule has 3 aliphatic heterocycles. The minimum atomic E-state index is -0.403. The second kappa shape index (κ2) is 13.0. The van der Waals surface area contributed by atoms with E-state index in [-0.39, 0.29) is 18.4 Å². The Morgan fingerprint density at radius 2 is 2.05 bits per heavy atom. The number of hydrogen-bond acceptors (Lipinski definition) is 10. The fraction of sp³-hybridized carbons (Fsp3) is 0.500. The number of morpholine rings is 1. The summed E-state index contributed by atoms with van der Waals surface area (Å²) in [5.41, 5.74) is 7.34. The molecule has 0 unspecified atom stereocenters. The quantitative estimate of drug-likeness (QED) is 0.377. The van der Waals surface area contributed by atoms with Crippen LogP contribution in [0.15, 0.2) is 35.5 Å². The molecule has 0 aliphatic carbocycles. The molecule has 41 heavy (non-hydrogen) atoms. The van der Waals surface area contributed by atoms with E-state index < -0.39 is 5.91 Å². The Balaban J connectivity index is 0.00000337. The van der Waals surface area contributed by atoms with Crippen molar-refractivity contribution in [3.8, 4) is 11.5 Å². The summed E-state index contributed by atoms with van der Waals surface area (Å²) in [4.78, 5) is 31.4. The lowest BCUT2D eigenvalue weighted by atomic mass is 10.2. The summed E-state index contributed by atoms with van der Waals surface area (Å²) < 4.78 is 19.3. The molecule has 3 N–H and O–H groups in total. The molecule has 2 fully saturated rings. The number of fused-ring (bicyclic) bond motifs is 3. The summed E-state index contributed by atoms with van der Waals surface area (Å²) in [6.07, 6.45) is 3.40. The van der Waals surface area contributed by atoms with Crippen LogP contribution in [0.25, 0.3) is 10.9 Å². The third kappa shape index (κ3) is 6.25. The maximum atomic E-state index is 13.2. The van der Waals surface area contributed by atoms with Crippen molar-refractivity contribution in [2.75, 3.05) is 76.4 Å². The molecule has 0 saturated carbocycles. The molecule has 2 aromatic heterocycles. The SMILES string of the molecule is COc1c(OCCCN2CCOCC2)ccc2c3n(c(=NC(=O)c4ccc(N5CC[C@H](N)C5)nc4)nc12)CCN3.Cl. The van der Waals surface area contributed by atoms with Gasteiger partial charge in [0.05, 0.1) is 32.5 Å². The summed E-state index contributed by atoms with van der Waals surface area (Å²) in [5, 5.41) is 4.30. The number of halogens is 1. The smallest absolute Gasteiger partial charge is 0.281 e. The van der Waals surface area contributed by atoms with Crippen molar-refractivity contribution in [3.63, 3.8) is 0 Å². The van der Waals surface area contributed by atoms with Crippen LogP contribution in [0.1, 0.15) is 23.2 Å². The lowest BCUT2D eigenvalue weighted by Crippen LogP contribution is -2.37. The maximum Gasteiger partial charge on any atom is 0.281 e. The van der Waals surface area contributed by atoms with Gasteiger partial charge in [-0.2, -0.15) is 4.99 Å². The largest absolute Gasteiger partial charge is 0.491 e. The summed E-state index contributed by atoms with van der Waals surface area (Å²) in [7, 11) is 1.60. The fourth-order valence-corrected chi connectivity index (χ4v) is 5.49. The van der Waals surface area contributed by atoms with Crippen molar-refractivity contribution >= 4 is 40.9 Å². The van der Waals surface area contributed by atoms with E-state index in [0.717, 1.165) is 75.8 Å². The number of nitrogens with one attached hydrogen (secondary N) is 1. The van der Waals surface area contributed by atoms with Crippen LogP contribution in [0.4, 0.5) is 11.6 Å². The second-order valence-corrected chi connectivity index (χ2v) is 10.3. The Labute approximate surface area is 244 Å². The molecule has 0 bridgehead atoms. The Morgan fingerprint density at radius 3 is 2.78 bits per heavy atom. The first kappa shape index (κ1) is 29.1. The Hall–Kier alpha value is -3.45. The maximum absolute atomic E-state index is 13.2. The number of aromatic nitrogens is 3. The van der Waals surface area contributed by atoms with E-state index in [1.54, 1.807) is 19.4 Å². The van der Waals surface area contributed by atoms with Crippen molar-refractivity contribution in [1.29, 1.82) is 0 Å². The normalized spacial score (nSPS) is 19.1. The number of rotatable bonds is 8. The van der Waals surface area contributed by atoms with Crippen molar-refractivity contribution < 1.29 is 19.0 Å². The summed E-state index contributed by atoms with van der Waals surface area (Å²) in [5.74, 6) is 2.41. The van der Waals surface area contributed by atoms with E-state index >= 15 is 0 Å². The Morgan fingerprint density at radius 1 is 1.20 bits per heavy atom. The second-order valence-electron chi connectivity index (χ2n) is 10.3. The predicted molar refractivity (Wildman–Crippen MR) is 158 cm³/mol. The Kier molecular flexibility index (Phi) is 9.23. The predicted octanol–water partition coefficient (Wildman–Crippen LogP) is 1.67. The highest BCUT2D eigenvalue weighted by Crippen LogP contribution is 2.37. The van der Waals surface area contributed by atoms with Crippen molar-refractivity contribution in [2.24, 2.45) is 10.7 Å². The molecule has 3 aliphatic rings. The molecule has 13 heteroatoms. The molecule has 1 atom stereocenters. The van der Waals surface area contributed by atoms with Gasteiger partial charge in [0.25, 0.3) is 5.91 Å². The monoisotopic (exact) mass is 584 g/mol. The highest BCUT2D eigenvalue weighted by Gasteiger charge is 2.22. The van der Waals surface area contributed by atoms with Crippen LogP contribution in [0, 0.1) is 0 Å². The van der Waals surface area contributed by atoms with Gasteiger partial charge >= 0.3 is 0 Å². The van der Waals surface area contributed by atoms with E-state index in [0.29, 0.717) is 47.9 Å². The lowest BCUT2D eigenvalue weighted by Gasteiger charge is -2.26. The molecule has 6 rings (SSSR count). The van der Waals surface area contributed by atoms with Crippen molar-refractivity contribution in [3.05, 3.63) is 41.6 Å². The molecule has 2 saturated heterocycles. The van der Waals surface area contributed by atoms with Crippen LogP contribution in [-0.4, -0.2) is 97.6 Å². The Bertz CT molecular complexity index is 1440. The first-order valence-electron chi connectivity index (χ1n) is 13.9. The molecule has 5 heterocycles. The molecule has 1 amide bonds. The van der Waals surface area contributed by atoms with Crippen LogP contribution in [0.5, 0.6) is 11.5 Å². The molecular formula is C28H37ClN8O4. The number of carbonyl (C=O) groups excluding carboxylic acids is 1. The number of benzene rings is 1. The van der Waals surface area contributed by atoms with Gasteiger partial charge in [-0.3, -0.25) is 14.3 Å². The van der Waals surface area contributed by atoms with E-state index in [1.807, 2.05) is 22.8 Å². The molecule has 3 aromatic rings. The molecule has 12 nitrogen and oxygen atoms in total. The number of carbonyl (C=O) groups is 1. The number of amides is 1. The molecule has 0 radical (unpaired) electrons. The standard InChI is InChI=1S/C28H36N8O4.ClH/c1-38-25-22(40-14-2-9-34-12-15-39-16-13-34)5-4-21-24(25)32-28(36-11-8-30-26(21)36)33-27(37)19-3-6-23(31-17-19)35-10-7-20(29)18-35;/h3-6,17,20,30H,2,7-16,18,29H2,1H3;1H/t20-;/m0./s1. The van der Waals surface area contributed by atoms with Gasteiger partial charge in [0, 0.05) is 63.4 Å².